The molecule has 0 radical (unpaired) electrons. The molecule has 1 heterocycles. The van der Waals surface area contributed by atoms with Crippen LogP contribution in [-0.4, -0.2) is 24.8 Å². The minimum Gasteiger partial charge on any atom is -0.444 e. The number of carbonyl (C=O) groups is 1. The van der Waals surface area contributed by atoms with Gasteiger partial charge in [0.15, 0.2) is 0 Å². The van der Waals surface area contributed by atoms with E-state index in [1.165, 1.54) is 9.75 Å². The van der Waals surface area contributed by atoms with Crippen LogP contribution in [0.25, 0.3) is 0 Å². The minimum atomic E-state index is -0.470. The highest BCUT2D eigenvalue weighted by atomic mass is 32.1. The van der Waals surface area contributed by atoms with Crippen LogP contribution in [0.4, 0.5) is 4.79 Å². The summed E-state index contributed by atoms with van der Waals surface area (Å²) >= 11 is 1.71. The first kappa shape index (κ1) is 15.0. The Bertz CT molecular complexity index is 396. The second-order valence-corrected chi connectivity index (χ2v) is 6.58. The zero-order valence-corrected chi connectivity index (χ0v) is 12.3. The second-order valence-electron chi connectivity index (χ2n) is 5.26. The van der Waals surface area contributed by atoms with Gasteiger partial charge in [-0.1, -0.05) is 0 Å². The molecule has 3 N–H and O–H groups in total. The molecule has 1 aromatic rings. The molecule has 0 aromatic carbocycles. The Morgan fingerprint density at radius 3 is 2.61 bits per heavy atom. The average molecular weight is 270 g/mol. The number of nitrogens with two attached hydrogens (primary N) is 1. The highest BCUT2D eigenvalue weighted by Gasteiger charge is 2.18. The second kappa shape index (κ2) is 6.20. The molecule has 5 heteroatoms. The number of aryl methyl sites for hydroxylation is 1. The van der Waals surface area contributed by atoms with E-state index in [0.717, 1.165) is 0 Å². The molecule has 1 aromatic heterocycles. The fourth-order valence-corrected chi connectivity index (χ4v) is 2.48. The number of carbonyl (C=O) groups excluding carboxylic acids is 1. The predicted molar refractivity (Wildman–Crippen MR) is 75.1 cm³/mol. The molecular formula is C13H22N2O2S. The smallest absolute Gasteiger partial charge is 0.407 e. The van der Waals surface area contributed by atoms with Crippen LogP contribution in [0, 0.1) is 6.92 Å². The minimum absolute atomic E-state index is 0.149. The van der Waals surface area contributed by atoms with E-state index >= 15 is 0 Å². The highest BCUT2D eigenvalue weighted by Crippen LogP contribution is 2.23. The monoisotopic (exact) mass is 270 g/mol. The predicted octanol–water partition coefficient (Wildman–Crippen LogP) is 2.62. The molecule has 102 valence electrons. The van der Waals surface area contributed by atoms with Crippen molar-refractivity contribution in [2.75, 3.05) is 13.1 Å². The Hall–Kier alpha value is -1.07. The summed E-state index contributed by atoms with van der Waals surface area (Å²) in [5.41, 5.74) is 5.27. The van der Waals surface area contributed by atoms with E-state index in [2.05, 4.69) is 24.4 Å². The summed E-state index contributed by atoms with van der Waals surface area (Å²) < 4.78 is 5.19. The fourth-order valence-electron chi connectivity index (χ4n) is 1.49. The molecule has 1 rings (SSSR count). The summed E-state index contributed by atoms with van der Waals surface area (Å²) in [6, 6.07) is 4.13. The quantitative estimate of drug-likeness (QED) is 0.884. The lowest BCUT2D eigenvalue weighted by Crippen LogP contribution is -2.36. The number of amides is 1. The van der Waals surface area contributed by atoms with Crippen molar-refractivity contribution in [2.24, 2.45) is 5.73 Å². The summed E-state index contributed by atoms with van der Waals surface area (Å²) in [5.74, 6) is 0.149. The summed E-state index contributed by atoms with van der Waals surface area (Å²) in [5, 5.41) is 2.76. The molecular weight excluding hydrogens is 248 g/mol. The van der Waals surface area contributed by atoms with Crippen molar-refractivity contribution >= 4 is 17.4 Å². The Labute approximate surface area is 113 Å². The molecule has 0 saturated carbocycles. The SMILES string of the molecule is Cc1ccc(C(CN)CNC(=O)OC(C)(C)C)s1. The van der Waals surface area contributed by atoms with Crippen molar-refractivity contribution in [3.63, 3.8) is 0 Å². The van der Waals surface area contributed by atoms with Crippen LogP contribution < -0.4 is 11.1 Å². The van der Waals surface area contributed by atoms with Gasteiger partial charge in [-0.25, -0.2) is 4.79 Å². The first-order chi connectivity index (χ1) is 8.31. The lowest BCUT2D eigenvalue weighted by molar-refractivity contribution is 0.0525. The van der Waals surface area contributed by atoms with Crippen molar-refractivity contribution in [3.8, 4) is 0 Å². The van der Waals surface area contributed by atoms with Gasteiger partial charge in [-0.2, -0.15) is 0 Å². The van der Waals surface area contributed by atoms with E-state index < -0.39 is 11.7 Å². The van der Waals surface area contributed by atoms with Crippen LogP contribution in [0.1, 0.15) is 36.4 Å². The van der Waals surface area contributed by atoms with Gasteiger partial charge < -0.3 is 15.8 Å². The lowest BCUT2D eigenvalue weighted by atomic mass is 10.1. The Morgan fingerprint density at radius 2 is 2.17 bits per heavy atom. The molecule has 18 heavy (non-hydrogen) atoms. The molecule has 1 amide bonds. The maximum atomic E-state index is 11.5. The third-order valence-corrected chi connectivity index (χ3v) is 3.50. The van der Waals surface area contributed by atoms with Crippen LogP contribution in [0.5, 0.6) is 0 Å². The lowest BCUT2D eigenvalue weighted by Gasteiger charge is -2.21. The van der Waals surface area contributed by atoms with Gasteiger partial charge >= 0.3 is 6.09 Å². The molecule has 1 atom stereocenters. The number of thiophene rings is 1. The molecule has 1 unspecified atom stereocenters. The van der Waals surface area contributed by atoms with Gasteiger partial charge in [-0.15, -0.1) is 11.3 Å². The number of nitrogens with one attached hydrogen (secondary N) is 1. The molecule has 0 bridgehead atoms. The third kappa shape index (κ3) is 5.06. The van der Waals surface area contributed by atoms with Crippen LogP contribution in [0.2, 0.25) is 0 Å². The van der Waals surface area contributed by atoms with Crippen molar-refractivity contribution < 1.29 is 9.53 Å². The van der Waals surface area contributed by atoms with Gasteiger partial charge in [0.1, 0.15) is 5.60 Å². The number of hydrogen-bond donors (Lipinski definition) is 2. The first-order valence-corrected chi connectivity index (χ1v) is 6.86. The summed E-state index contributed by atoms with van der Waals surface area (Å²) in [7, 11) is 0. The van der Waals surface area contributed by atoms with Gasteiger partial charge in [-0.05, 0) is 39.8 Å². The standard InChI is InChI=1S/C13H22N2O2S/c1-9-5-6-11(18-9)10(7-14)8-15-12(16)17-13(2,3)4/h5-6,10H,7-8,14H2,1-4H3,(H,15,16). The van der Waals surface area contributed by atoms with Gasteiger partial charge in [0.05, 0.1) is 0 Å². The van der Waals surface area contributed by atoms with E-state index in [9.17, 15) is 4.79 Å². The summed E-state index contributed by atoms with van der Waals surface area (Å²) in [6.45, 7) is 8.60. The van der Waals surface area contributed by atoms with E-state index in [1.807, 2.05) is 20.8 Å². The zero-order chi connectivity index (χ0) is 13.8. The number of hydrogen-bond acceptors (Lipinski definition) is 4. The third-order valence-electron chi connectivity index (χ3n) is 2.34. The van der Waals surface area contributed by atoms with Crippen molar-refractivity contribution in [1.82, 2.24) is 5.32 Å². The molecule has 0 aliphatic heterocycles. The number of rotatable bonds is 4. The maximum Gasteiger partial charge on any atom is 0.407 e. The Kier molecular flexibility index (Phi) is 5.16. The molecule has 0 aliphatic rings. The van der Waals surface area contributed by atoms with Crippen LogP contribution >= 0.6 is 11.3 Å². The van der Waals surface area contributed by atoms with Gasteiger partial charge in [0, 0.05) is 28.8 Å². The summed E-state index contributed by atoms with van der Waals surface area (Å²) in [6.07, 6.45) is -0.394. The van der Waals surface area contributed by atoms with Crippen molar-refractivity contribution in [3.05, 3.63) is 21.9 Å². The van der Waals surface area contributed by atoms with Crippen LogP contribution in [0.3, 0.4) is 0 Å². The summed E-state index contributed by atoms with van der Waals surface area (Å²) in [4.78, 5) is 14.0. The Balaban J connectivity index is 2.48. The van der Waals surface area contributed by atoms with Crippen molar-refractivity contribution in [2.45, 2.75) is 39.2 Å². The van der Waals surface area contributed by atoms with E-state index in [4.69, 9.17) is 10.5 Å². The number of alkyl carbamates (subject to hydrolysis) is 1. The molecule has 0 aliphatic carbocycles. The van der Waals surface area contributed by atoms with E-state index in [-0.39, 0.29) is 5.92 Å². The van der Waals surface area contributed by atoms with Crippen molar-refractivity contribution in [1.29, 1.82) is 0 Å². The largest absolute Gasteiger partial charge is 0.444 e. The molecule has 0 spiro atoms. The van der Waals surface area contributed by atoms with Crippen LogP contribution in [-0.2, 0) is 4.74 Å². The topological polar surface area (TPSA) is 64.3 Å². The fraction of sp³-hybridized carbons (Fsp3) is 0.615. The molecule has 0 saturated heterocycles. The van der Waals surface area contributed by atoms with E-state index in [1.54, 1.807) is 11.3 Å². The Morgan fingerprint density at radius 1 is 1.50 bits per heavy atom. The average Bonchev–Trinajstić information content (AvgIpc) is 2.63. The highest BCUT2D eigenvalue weighted by molar-refractivity contribution is 7.12. The maximum absolute atomic E-state index is 11.5. The number of ether oxygens (including phenoxy) is 1. The zero-order valence-electron chi connectivity index (χ0n) is 11.4. The van der Waals surface area contributed by atoms with Gasteiger partial charge in [0.25, 0.3) is 0 Å². The van der Waals surface area contributed by atoms with Crippen LogP contribution in [0.15, 0.2) is 12.1 Å². The molecule has 4 nitrogen and oxygen atoms in total. The van der Waals surface area contributed by atoms with Gasteiger partial charge in [-0.3, -0.25) is 0 Å². The normalized spacial score (nSPS) is 13.2. The first-order valence-electron chi connectivity index (χ1n) is 6.05. The molecule has 0 fully saturated rings. The van der Waals surface area contributed by atoms with E-state index in [0.29, 0.717) is 13.1 Å². The van der Waals surface area contributed by atoms with Gasteiger partial charge in [0.2, 0.25) is 0 Å².